The average Bonchev–Trinajstić information content (AvgIpc) is 2.74. The number of ether oxygens (including phenoxy) is 1. The van der Waals surface area contributed by atoms with Crippen LogP contribution in [0.15, 0.2) is 24.4 Å². The fraction of sp³-hybridized carbons (Fsp3) is 0.438. The molecule has 2 rings (SSSR count). The van der Waals surface area contributed by atoms with E-state index in [9.17, 15) is 4.79 Å². The minimum Gasteiger partial charge on any atom is -0.478 e. The van der Waals surface area contributed by atoms with Crippen molar-refractivity contribution in [2.75, 3.05) is 0 Å². The Morgan fingerprint density at radius 3 is 2.55 bits per heavy atom. The minimum atomic E-state index is -0.900. The van der Waals surface area contributed by atoms with Gasteiger partial charge in [-0.3, -0.25) is 0 Å². The topological polar surface area (TPSA) is 51.5 Å². The Kier molecular flexibility index (Phi) is 4.14. The van der Waals surface area contributed by atoms with Gasteiger partial charge in [-0.15, -0.1) is 0 Å². The quantitative estimate of drug-likeness (QED) is 0.901. The molecule has 0 fully saturated rings. The second-order valence-corrected chi connectivity index (χ2v) is 5.55. The van der Waals surface area contributed by atoms with E-state index >= 15 is 0 Å². The molecule has 1 heterocycles. The SMILES string of the molecule is CC(C)OCc1cn(C(C)C)c2cc(C(=O)O)ccc12. The molecular formula is C16H21NO3. The summed E-state index contributed by atoms with van der Waals surface area (Å²) in [5, 5.41) is 10.2. The number of rotatable bonds is 5. The lowest BCUT2D eigenvalue weighted by Crippen LogP contribution is -2.02. The summed E-state index contributed by atoms with van der Waals surface area (Å²) in [5.41, 5.74) is 2.36. The molecule has 0 radical (unpaired) electrons. The van der Waals surface area contributed by atoms with Gasteiger partial charge in [0.15, 0.2) is 0 Å². The van der Waals surface area contributed by atoms with Crippen LogP contribution >= 0.6 is 0 Å². The first-order valence-corrected chi connectivity index (χ1v) is 6.88. The third-order valence-electron chi connectivity index (χ3n) is 3.29. The summed E-state index contributed by atoms with van der Waals surface area (Å²) in [6, 6.07) is 5.52. The van der Waals surface area contributed by atoms with Crippen LogP contribution in [0.1, 0.15) is 49.7 Å². The van der Waals surface area contributed by atoms with Crippen LogP contribution in [0.4, 0.5) is 0 Å². The third kappa shape index (κ3) is 2.85. The van der Waals surface area contributed by atoms with Crippen LogP contribution in [0.2, 0.25) is 0 Å². The first-order chi connectivity index (χ1) is 9.40. The van der Waals surface area contributed by atoms with Crippen molar-refractivity contribution in [2.24, 2.45) is 0 Å². The molecule has 0 saturated carbocycles. The molecule has 108 valence electrons. The number of carboxylic acid groups (broad SMARTS) is 1. The zero-order chi connectivity index (χ0) is 14.9. The lowest BCUT2D eigenvalue weighted by Gasteiger charge is -2.09. The van der Waals surface area contributed by atoms with Crippen LogP contribution in [0.5, 0.6) is 0 Å². The van der Waals surface area contributed by atoms with E-state index in [0.29, 0.717) is 12.2 Å². The van der Waals surface area contributed by atoms with Crippen LogP contribution in [0.25, 0.3) is 10.9 Å². The fourth-order valence-electron chi connectivity index (χ4n) is 2.26. The first kappa shape index (κ1) is 14.6. The van der Waals surface area contributed by atoms with Gasteiger partial charge in [0.1, 0.15) is 0 Å². The number of aromatic carboxylic acids is 1. The van der Waals surface area contributed by atoms with Gasteiger partial charge in [0.2, 0.25) is 0 Å². The summed E-state index contributed by atoms with van der Waals surface area (Å²) in [6.07, 6.45) is 2.23. The highest BCUT2D eigenvalue weighted by Gasteiger charge is 2.13. The van der Waals surface area contributed by atoms with E-state index in [1.54, 1.807) is 12.1 Å². The lowest BCUT2D eigenvalue weighted by atomic mass is 10.1. The zero-order valence-corrected chi connectivity index (χ0v) is 12.4. The molecule has 0 atom stereocenters. The van der Waals surface area contributed by atoms with Crippen LogP contribution in [0, 0.1) is 0 Å². The molecule has 1 N–H and O–H groups in total. The van der Waals surface area contributed by atoms with E-state index in [2.05, 4.69) is 24.6 Å². The van der Waals surface area contributed by atoms with Crippen LogP contribution in [0.3, 0.4) is 0 Å². The van der Waals surface area contributed by atoms with Crippen molar-refractivity contribution in [3.8, 4) is 0 Å². The second kappa shape index (κ2) is 5.67. The Labute approximate surface area is 119 Å². The van der Waals surface area contributed by atoms with Gasteiger partial charge < -0.3 is 14.4 Å². The van der Waals surface area contributed by atoms with Crippen molar-refractivity contribution in [1.82, 2.24) is 4.57 Å². The van der Waals surface area contributed by atoms with Gasteiger partial charge in [0.05, 0.1) is 18.3 Å². The van der Waals surface area contributed by atoms with Crippen molar-refractivity contribution < 1.29 is 14.6 Å². The van der Waals surface area contributed by atoms with Gasteiger partial charge in [0, 0.05) is 28.7 Å². The first-order valence-electron chi connectivity index (χ1n) is 6.88. The summed E-state index contributed by atoms with van der Waals surface area (Å²) in [6.45, 7) is 8.72. The minimum absolute atomic E-state index is 0.172. The molecule has 4 nitrogen and oxygen atoms in total. The molecule has 20 heavy (non-hydrogen) atoms. The standard InChI is InChI=1S/C16H21NO3/c1-10(2)17-8-13(9-20-11(3)4)14-6-5-12(16(18)19)7-15(14)17/h5-8,10-11H,9H2,1-4H3,(H,18,19). The summed E-state index contributed by atoms with van der Waals surface area (Å²) in [5.74, 6) is -0.900. The number of carboxylic acids is 1. The maximum absolute atomic E-state index is 11.1. The molecule has 2 aromatic rings. The van der Waals surface area contributed by atoms with Crippen LogP contribution in [-0.4, -0.2) is 21.7 Å². The van der Waals surface area contributed by atoms with Gasteiger partial charge in [-0.25, -0.2) is 4.79 Å². The predicted octanol–water partition coefficient (Wildman–Crippen LogP) is 3.85. The number of nitrogens with zero attached hydrogens (tertiary/aromatic N) is 1. The average molecular weight is 275 g/mol. The highest BCUT2D eigenvalue weighted by Crippen LogP contribution is 2.26. The molecule has 1 aromatic carbocycles. The van der Waals surface area contributed by atoms with Crippen molar-refractivity contribution >= 4 is 16.9 Å². The van der Waals surface area contributed by atoms with Crippen molar-refractivity contribution in [2.45, 2.75) is 46.4 Å². The van der Waals surface area contributed by atoms with Crippen LogP contribution < -0.4 is 0 Å². The molecule has 1 aromatic heterocycles. The number of hydrogen-bond acceptors (Lipinski definition) is 2. The maximum Gasteiger partial charge on any atom is 0.335 e. The van der Waals surface area contributed by atoms with E-state index in [0.717, 1.165) is 16.5 Å². The number of fused-ring (bicyclic) bond motifs is 1. The lowest BCUT2D eigenvalue weighted by molar-refractivity contribution is 0.0663. The molecule has 0 aliphatic carbocycles. The van der Waals surface area contributed by atoms with Crippen molar-refractivity contribution in [3.63, 3.8) is 0 Å². The monoisotopic (exact) mass is 275 g/mol. The van der Waals surface area contributed by atoms with Crippen molar-refractivity contribution in [1.29, 1.82) is 0 Å². The van der Waals surface area contributed by atoms with E-state index in [1.807, 2.05) is 19.9 Å². The molecular weight excluding hydrogens is 254 g/mol. The largest absolute Gasteiger partial charge is 0.478 e. The van der Waals surface area contributed by atoms with E-state index < -0.39 is 5.97 Å². The Morgan fingerprint density at radius 1 is 1.30 bits per heavy atom. The molecule has 0 spiro atoms. The summed E-state index contributed by atoms with van der Waals surface area (Å²) < 4.78 is 7.78. The Morgan fingerprint density at radius 2 is 2.00 bits per heavy atom. The van der Waals surface area contributed by atoms with Gasteiger partial charge in [-0.2, -0.15) is 0 Å². The summed E-state index contributed by atoms with van der Waals surface area (Å²) in [4.78, 5) is 11.1. The predicted molar refractivity (Wildman–Crippen MR) is 79.2 cm³/mol. The van der Waals surface area contributed by atoms with E-state index in [-0.39, 0.29) is 12.1 Å². The number of benzene rings is 1. The molecule has 0 aliphatic rings. The summed E-state index contributed by atoms with van der Waals surface area (Å²) >= 11 is 0. The van der Waals surface area contributed by atoms with E-state index in [1.165, 1.54) is 0 Å². The van der Waals surface area contributed by atoms with Gasteiger partial charge in [-0.05, 0) is 39.8 Å². The number of aromatic nitrogens is 1. The van der Waals surface area contributed by atoms with Gasteiger partial charge >= 0.3 is 5.97 Å². The number of hydrogen-bond donors (Lipinski definition) is 1. The Hall–Kier alpha value is -1.81. The molecule has 4 heteroatoms. The van der Waals surface area contributed by atoms with Crippen LogP contribution in [-0.2, 0) is 11.3 Å². The number of carbonyl (C=O) groups is 1. The van der Waals surface area contributed by atoms with Gasteiger partial charge in [-0.1, -0.05) is 6.07 Å². The molecule has 0 aliphatic heterocycles. The van der Waals surface area contributed by atoms with Gasteiger partial charge in [0.25, 0.3) is 0 Å². The second-order valence-electron chi connectivity index (χ2n) is 5.55. The Balaban J connectivity index is 2.52. The zero-order valence-electron chi connectivity index (χ0n) is 12.4. The normalized spacial score (nSPS) is 11.7. The fourth-order valence-corrected chi connectivity index (χ4v) is 2.26. The smallest absolute Gasteiger partial charge is 0.335 e. The third-order valence-corrected chi connectivity index (χ3v) is 3.29. The molecule has 0 unspecified atom stereocenters. The molecule has 0 saturated heterocycles. The molecule has 0 bridgehead atoms. The Bertz CT molecular complexity index is 626. The highest BCUT2D eigenvalue weighted by molar-refractivity contribution is 5.94. The molecule has 0 amide bonds. The summed E-state index contributed by atoms with van der Waals surface area (Å²) in [7, 11) is 0. The van der Waals surface area contributed by atoms with Crippen molar-refractivity contribution in [3.05, 3.63) is 35.5 Å². The highest BCUT2D eigenvalue weighted by atomic mass is 16.5. The maximum atomic E-state index is 11.1. The van der Waals surface area contributed by atoms with E-state index in [4.69, 9.17) is 9.84 Å².